The maximum Gasteiger partial charge on any atom is 0.328 e. The topological polar surface area (TPSA) is 66.4 Å². The first-order valence-corrected chi connectivity index (χ1v) is 7.65. The van der Waals surface area contributed by atoms with Gasteiger partial charge in [-0.15, -0.1) is 11.3 Å². The highest BCUT2D eigenvalue weighted by molar-refractivity contribution is 9.11. The highest BCUT2D eigenvalue weighted by atomic mass is 79.9. The Morgan fingerprint density at radius 1 is 1.33 bits per heavy atom. The van der Waals surface area contributed by atoms with E-state index in [0.29, 0.717) is 16.1 Å². The fraction of sp³-hybridized carbons (Fsp3) is 0.0667. The van der Waals surface area contributed by atoms with Crippen molar-refractivity contribution in [1.82, 2.24) is 0 Å². The average molecular weight is 366 g/mol. The van der Waals surface area contributed by atoms with Crippen LogP contribution in [0.1, 0.15) is 20.8 Å². The number of halogens is 1. The highest BCUT2D eigenvalue weighted by Gasteiger charge is 2.11. The van der Waals surface area contributed by atoms with Crippen molar-refractivity contribution in [3.8, 4) is 0 Å². The molecule has 0 aliphatic carbocycles. The molecule has 0 spiro atoms. The van der Waals surface area contributed by atoms with Crippen LogP contribution in [0.2, 0.25) is 0 Å². The van der Waals surface area contributed by atoms with Crippen LogP contribution in [0.3, 0.4) is 0 Å². The molecule has 21 heavy (non-hydrogen) atoms. The number of carboxylic acids is 1. The number of aryl methyl sites for hydroxylation is 1. The molecular weight excluding hydrogens is 354 g/mol. The van der Waals surface area contributed by atoms with E-state index in [2.05, 4.69) is 21.2 Å². The number of benzene rings is 1. The fourth-order valence-corrected chi connectivity index (χ4v) is 3.08. The van der Waals surface area contributed by atoms with Crippen LogP contribution >= 0.6 is 27.3 Å². The van der Waals surface area contributed by atoms with Gasteiger partial charge in [-0.1, -0.05) is 12.1 Å². The highest BCUT2D eigenvalue weighted by Crippen LogP contribution is 2.28. The molecule has 0 bridgehead atoms. The zero-order chi connectivity index (χ0) is 15.4. The minimum atomic E-state index is -1.01. The van der Waals surface area contributed by atoms with E-state index in [1.807, 2.05) is 13.0 Å². The minimum absolute atomic E-state index is 0.187. The molecule has 0 atom stereocenters. The van der Waals surface area contributed by atoms with Crippen molar-refractivity contribution >= 4 is 50.9 Å². The summed E-state index contributed by atoms with van der Waals surface area (Å²) in [5.74, 6) is -1.20. The van der Waals surface area contributed by atoms with Gasteiger partial charge < -0.3 is 10.4 Å². The first-order valence-electron chi connectivity index (χ1n) is 6.04. The normalized spacial score (nSPS) is 10.8. The molecule has 6 heteroatoms. The van der Waals surface area contributed by atoms with Gasteiger partial charge in [-0.2, -0.15) is 0 Å². The number of aliphatic carboxylic acids is 1. The Bertz CT molecular complexity index is 702. The van der Waals surface area contributed by atoms with E-state index in [1.165, 1.54) is 17.4 Å². The van der Waals surface area contributed by atoms with Crippen molar-refractivity contribution < 1.29 is 14.7 Å². The summed E-state index contributed by atoms with van der Waals surface area (Å²) in [6, 6.07) is 8.81. The number of amides is 1. The Labute approximate surface area is 134 Å². The number of nitrogens with one attached hydrogen (secondary N) is 1. The first-order chi connectivity index (χ1) is 9.95. The Hall–Kier alpha value is -1.92. The molecular formula is C15H12BrNO3S. The van der Waals surface area contributed by atoms with Gasteiger partial charge in [0.05, 0.1) is 8.66 Å². The van der Waals surface area contributed by atoms with Gasteiger partial charge >= 0.3 is 5.97 Å². The molecule has 0 saturated carbocycles. The van der Waals surface area contributed by atoms with E-state index < -0.39 is 5.97 Å². The van der Waals surface area contributed by atoms with E-state index in [4.69, 9.17) is 5.11 Å². The van der Waals surface area contributed by atoms with Crippen molar-refractivity contribution in [1.29, 1.82) is 0 Å². The number of rotatable bonds is 4. The van der Waals surface area contributed by atoms with Gasteiger partial charge in [-0.25, -0.2) is 4.79 Å². The standard InChI is InChI=1S/C15H12BrNO3S/c1-9-7-12(21-14(9)16)15(20)17-11-4-2-3-10(8-11)5-6-13(18)19/h2-8H,1H3,(H,17,20)(H,18,19)/b6-5+. The molecule has 2 N–H and O–H groups in total. The smallest absolute Gasteiger partial charge is 0.328 e. The zero-order valence-electron chi connectivity index (χ0n) is 11.1. The van der Waals surface area contributed by atoms with E-state index in [0.717, 1.165) is 15.4 Å². The first kappa shape index (κ1) is 15.5. The van der Waals surface area contributed by atoms with Crippen LogP contribution in [0.5, 0.6) is 0 Å². The Morgan fingerprint density at radius 2 is 2.10 bits per heavy atom. The second-order valence-electron chi connectivity index (χ2n) is 4.32. The number of thiophene rings is 1. The predicted molar refractivity (Wildman–Crippen MR) is 87.8 cm³/mol. The van der Waals surface area contributed by atoms with Crippen LogP contribution in [-0.4, -0.2) is 17.0 Å². The fourth-order valence-electron chi connectivity index (χ4n) is 1.65. The molecule has 0 aliphatic heterocycles. The predicted octanol–water partition coefficient (Wildman–Crippen LogP) is 4.17. The van der Waals surface area contributed by atoms with Crippen LogP contribution in [-0.2, 0) is 4.79 Å². The van der Waals surface area contributed by atoms with E-state index >= 15 is 0 Å². The van der Waals surface area contributed by atoms with Crippen LogP contribution < -0.4 is 5.32 Å². The third-order valence-corrected chi connectivity index (χ3v) is 4.78. The maximum absolute atomic E-state index is 12.1. The van der Waals surface area contributed by atoms with E-state index in [-0.39, 0.29) is 5.91 Å². The molecule has 1 amide bonds. The summed E-state index contributed by atoms with van der Waals surface area (Å²) in [6.07, 6.45) is 2.53. The zero-order valence-corrected chi connectivity index (χ0v) is 13.5. The molecule has 0 aliphatic rings. The third-order valence-electron chi connectivity index (χ3n) is 2.64. The summed E-state index contributed by atoms with van der Waals surface area (Å²) < 4.78 is 0.936. The molecule has 0 unspecified atom stereocenters. The quantitative estimate of drug-likeness (QED) is 0.799. The van der Waals surface area contributed by atoms with Crippen LogP contribution in [0, 0.1) is 6.92 Å². The minimum Gasteiger partial charge on any atom is -0.478 e. The Balaban J connectivity index is 2.14. The van der Waals surface area contributed by atoms with Crippen molar-refractivity contribution in [3.63, 3.8) is 0 Å². The van der Waals surface area contributed by atoms with Gasteiger partial charge in [0, 0.05) is 11.8 Å². The van der Waals surface area contributed by atoms with Crippen LogP contribution in [0.25, 0.3) is 6.08 Å². The lowest BCUT2D eigenvalue weighted by molar-refractivity contribution is -0.131. The van der Waals surface area contributed by atoms with Crippen LogP contribution in [0.15, 0.2) is 40.2 Å². The lowest BCUT2D eigenvalue weighted by Crippen LogP contribution is -2.10. The van der Waals surface area contributed by atoms with Crippen molar-refractivity contribution in [2.45, 2.75) is 6.92 Å². The van der Waals surface area contributed by atoms with Crippen molar-refractivity contribution in [2.75, 3.05) is 5.32 Å². The number of hydrogen-bond donors (Lipinski definition) is 2. The Kier molecular flexibility index (Phi) is 4.93. The monoisotopic (exact) mass is 365 g/mol. The lowest BCUT2D eigenvalue weighted by Gasteiger charge is -2.04. The Morgan fingerprint density at radius 3 is 2.71 bits per heavy atom. The lowest BCUT2D eigenvalue weighted by atomic mass is 10.2. The summed E-state index contributed by atoms with van der Waals surface area (Å²) >= 11 is 4.76. The largest absolute Gasteiger partial charge is 0.478 e. The second kappa shape index (κ2) is 6.69. The summed E-state index contributed by atoms with van der Waals surface area (Å²) in [5.41, 5.74) is 2.34. The number of carbonyl (C=O) groups is 2. The molecule has 1 heterocycles. The van der Waals surface area contributed by atoms with E-state index in [1.54, 1.807) is 24.3 Å². The third kappa shape index (κ3) is 4.27. The summed E-state index contributed by atoms with van der Waals surface area (Å²) in [5, 5.41) is 11.4. The van der Waals surface area contributed by atoms with Gasteiger partial charge in [0.15, 0.2) is 0 Å². The molecule has 108 valence electrons. The van der Waals surface area contributed by atoms with Crippen molar-refractivity contribution in [2.24, 2.45) is 0 Å². The molecule has 0 saturated heterocycles. The number of anilines is 1. The summed E-state index contributed by atoms with van der Waals surface area (Å²) in [4.78, 5) is 23.2. The SMILES string of the molecule is Cc1cc(C(=O)Nc2cccc(/C=C/C(=O)O)c2)sc1Br. The molecule has 2 aromatic rings. The molecule has 1 aromatic carbocycles. The molecule has 1 aromatic heterocycles. The molecule has 0 fully saturated rings. The summed E-state index contributed by atoms with van der Waals surface area (Å²) in [7, 11) is 0. The average Bonchev–Trinajstić information content (AvgIpc) is 2.77. The van der Waals surface area contributed by atoms with Gasteiger partial charge in [0.1, 0.15) is 0 Å². The number of carbonyl (C=O) groups excluding carboxylic acids is 1. The van der Waals surface area contributed by atoms with Gasteiger partial charge in [0.25, 0.3) is 5.91 Å². The van der Waals surface area contributed by atoms with Crippen LogP contribution in [0.4, 0.5) is 5.69 Å². The number of carboxylic acid groups (broad SMARTS) is 1. The molecule has 0 radical (unpaired) electrons. The van der Waals surface area contributed by atoms with Crippen molar-refractivity contribution in [3.05, 3.63) is 56.2 Å². The van der Waals surface area contributed by atoms with E-state index in [9.17, 15) is 9.59 Å². The van der Waals surface area contributed by atoms with Gasteiger partial charge in [0.2, 0.25) is 0 Å². The summed E-state index contributed by atoms with van der Waals surface area (Å²) in [6.45, 7) is 1.93. The molecule has 4 nitrogen and oxygen atoms in total. The maximum atomic E-state index is 12.1. The molecule has 2 rings (SSSR count). The number of hydrogen-bond acceptors (Lipinski definition) is 3. The van der Waals surface area contributed by atoms with Gasteiger partial charge in [-0.3, -0.25) is 4.79 Å². The van der Waals surface area contributed by atoms with Gasteiger partial charge in [-0.05, 0) is 58.3 Å². The second-order valence-corrected chi connectivity index (χ2v) is 6.69.